The van der Waals surface area contributed by atoms with E-state index in [-0.39, 0.29) is 24.3 Å². The monoisotopic (exact) mass is 774 g/mol. The third kappa shape index (κ3) is 7.83. The summed E-state index contributed by atoms with van der Waals surface area (Å²) in [5.41, 5.74) is 4.73. The largest absolute Gasteiger partial charge is 0.351 e. The Morgan fingerprint density at radius 2 is 1.57 bits per heavy atom. The van der Waals surface area contributed by atoms with Gasteiger partial charge in [-0.2, -0.15) is 22.1 Å². The fourth-order valence-corrected chi connectivity index (χ4v) is 10.3. The number of nitrogens with one attached hydrogen (secondary N) is 2. The van der Waals surface area contributed by atoms with Crippen LogP contribution in [0.15, 0.2) is 54.9 Å². The zero-order chi connectivity index (χ0) is 37.4. The summed E-state index contributed by atoms with van der Waals surface area (Å²) in [7, 11) is -1.65. The Kier molecular flexibility index (Phi) is 10.6. The number of urea groups is 1. The van der Waals surface area contributed by atoms with Crippen molar-refractivity contribution < 1.29 is 18.0 Å². The van der Waals surface area contributed by atoms with Crippen molar-refractivity contribution in [3.63, 3.8) is 0 Å². The molecule has 1 atom stereocenters. The number of carbonyl (C=O) groups is 2. The molecular weight excluding hydrogens is 728 g/mol. The highest BCUT2D eigenvalue weighted by atomic mass is 35.5. The van der Waals surface area contributed by atoms with Crippen molar-refractivity contribution in [2.45, 2.75) is 69.4 Å². The van der Waals surface area contributed by atoms with Gasteiger partial charge >= 0.3 is 6.03 Å². The molecule has 0 spiro atoms. The van der Waals surface area contributed by atoms with Gasteiger partial charge in [0.2, 0.25) is 11.9 Å². The third-order valence-corrected chi connectivity index (χ3v) is 13.7. The maximum absolute atomic E-state index is 13.7. The van der Waals surface area contributed by atoms with Crippen molar-refractivity contribution in [1.82, 2.24) is 38.6 Å². The molecule has 14 nitrogen and oxygen atoms in total. The lowest BCUT2D eigenvalue weighted by molar-refractivity contribution is -0.120. The van der Waals surface area contributed by atoms with Gasteiger partial charge in [0.15, 0.2) is 5.82 Å². The van der Waals surface area contributed by atoms with Crippen molar-refractivity contribution >= 4 is 56.4 Å². The van der Waals surface area contributed by atoms with E-state index in [0.717, 1.165) is 56.2 Å². The molecule has 6 heterocycles. The molecule has 2 aromatic heterocycles. The summed E-state index contributed by atoms with van der Waals surface area (Å²) < 4.78 is 32.6. The first-order chi connectivity index (χ1) is 26.1. The predicted molar refractivity (Wildman–Crippen MR) is 208 cm³/mol. The van der Waals surface area contributed by atoms with E-state index in [9.17, 15) is 18.0 Å². The maximum atomic E-state index is 13.7. The van der Waals surface area contributed by atoms with E-state index < -0.39 is 16.2 Å². The van der Waals surface area contributed by atoms with E-state index in [1.54, 1.807) is 25.9 Å². The second-order valence-electron chi connectivity index (χ2n) is 15.0. The van der Waals surface area contributed by atoms with E-state index in [1.165, 1.54) is 16.7 Å². The van der Waals surface area contributed by atoms with Gasteiger partial charge < -0.3 is 5.32 Å². The van der Waals surface area contributed by atoms with E-state index in [1.807, 2.05) is 11.7 Å². The topological polar surface area (TPSA) is 149 Å². The molecule has 4 aromatic rings. The summed E-state index contributed by atoms with van der Waals surface area (Å²) in [5.74, 6) is 1.46. The van der Waals surface area contributed by atoms with Gasteiger partial charge in [-0.05, 0) is 92.3 Å². The number of nitrogens with zero attached hydrogens (tertiary/aromatic N) is 8. The Morgan fingerprint density at radius 3 is 2.30 bits per heavy atom. The number of carbonyl (C=O) groups excluding carboxylic acids is 2. The van der Waals surface area contributed by atoms with Gasteiger partial charge in [-0.25, -0.2) is 14.8 Å². The number of rotatable bonds is 9. The Morgan fingerprint density at radius 1 is 0.852 bits per heavy atom. The number of imide groups is 1. The lowest BCUT2D eigenvalue weighted by atomic mass is 9.88. The van der Waals surface area contributed by atoms with Crippen molar-refractivity contribution in [3.05, 3.63) is 76.6 Å². The highest BCUT2D eigenvalue weighted by Gasteiger charge is 2.36. The normalized spacial score (nSPS) is 21.8. The molecule has 0 saturated carbocycles. The molecule has 0 aliphatic carbocycles. The van der Waals surface area contributed by atoms with Crippen LogP contribution in [0.1, 0.15) is 73.5 Å². The van der Waals surface area contributed by atoms with E-state index in [4.69, 9.17) is 11.6 Å². The molecule has 2 aromatic carbocycles. The number of likely N-dealkylation sites (tertiary alicyclic amines) is 1. The smallest absolute Gasteiger partial charge is 0.329 e. The molecule has 4 aliphatic rings. The van der Waals surface area contributed by atoms with Crippen LogP contribution < -0.4 is 15.5 Å². The summed E-state index contributed by atoms with van der Waals surface area (Å²) >= 11 is 5.90. The third-order valence-electron chi connectivity index (χ3n) is 11.5. The molecule has 4 saturated heterocycles. The van der Waals surface area contributed by atoms with Crippen LogP contribution in [-0.4, -0.2) is 105 Å². The number of fused-ring (bicyclic) bond motifs is 1. The van der Waals surface area contributed by atoms with Crippen LogP contribution in [0.3, 0.4) is 0 Å². The first-order valence-corrected chi connectivity index (χ1v) is 20.8. The maximum Gasteiger partial charge on any atom is 0.329 e. The molecule has 8 rings (SSSR count). The number of piperidine rings is 3. The van der Waals surface area contributed by atoms with Crippen molar-refractivity contribution in [2.75, 3.05) is 56.0 Å². The fraction of sp³-hybridized carbons (Fsp3) is 0.500. The predicted octanol–water partition coefficient (Wildman–Crippen LogP) is 4.84. The highest BCUT2D eigenvalue weighted by Crippen LogP contribution is 2.35. The molecule has 3 amide bonds. The minimum absolute atomic E-state index is 0.112. The SMILES string of the molecule is Cn1nc(N2CCC(=O)NC2=O)c2ccc(C3CCN(Cc4ccc(C5CCCN(S(=O)(=O)N6CCC(Nc7ncc(Cl)cn7)CC6)C5)cc4)CC3)cc21. The minimum Gasteiger partial charge on any atom is -0.351 e. The molecule has 0 radical (unpaired) electrons. The number of anilines is 2. The van der Waals surface area contributed by atoms with Crippen LogP contribution >= 0.6 is 11.6 Å². The molecule has 16 heteroatoms. The Bertz CT molecular complexity index is 2100. The van der Waals surface area contributed by atoms with E-state index in [2.05, 4.69) is 73.1 Å². The van der Waals surface area contributed by atoms with Gasteiger partial charge in [-0.15, -0.1) is 0 Å². The average molecular weight is 775 g/mol. The second kappa shape index (κ2) is 15.5. The Hall–Kier alpha value is -4.15. The first-order valence-electron chi connectivity index (χ1n) is 19.0. The lowest BCUT2D eigenvalue weighted by Crippen LogP contribution is -2.51. The van der Waals surface area contributed by atoms with Gasteiger partial charge in [0.05, 0.1) is 22.9 Å². The summed E-state index contributed by atoms with van der Waals surface area (Å²) in [6.45, 7) is 5.21. The van der Waals surface area contributed by atoms with Crippen LogP contribution in [-0.2, 0) is 28.6 Å². The first kappa shape index (κ1) is 36.8. The average Bonchev–Trinajstić information content (AvgIpc) is 3.51. The molecule has 2 N–H and O–H groups in total. The zero-order valence-corrected chi connectivity index (χ0v) is 32.1. The van der Waals surface area contributed by atoms with Gasteiger partial charge in [0.25, 0.3) is 10.2 Å². The quantitative estimate of drug-likeness (QED) is 0.244. The minimum atomic E-state index is -3.55. The van der Waals surface area contributed by atoms with E-state index in [0.29, 0.717) is 68.3 Å². The number of hydrogen-bond acceptors (Lipinski definition) is 9. The van der Waals surface area contributed by atoms with Gasteiger partial charge in [-0.1, -0.05) is 41.9 Å². The van der Waals surface area contributed by atoms with E-state index >= 15 is 0 Å². The van der Waals surface area contributed by atoms with Crippen molar-refractivity contribution in [1.29, 1.82) is 0 Å². The molecule has 0 bridgehead atoms. The van der Waals surface area contributed by atoms with Crippen LogP contribution in [0.2, 0.25) is 5.02 Å². The summed E-state index contributed by atoms with van der Waals surface area (Å²) in [5, 5.41) is 11.7. The summed E-state index contributed by atoms with van der Waals surface area (Å²) in [6, 6.07) is 14.9. The zero-order valence-electron chi connectivity index (χ0n) is 30.5. The summed E-state index contributed by atoms with van der Waals surface area (Å²) in [4.78, 5) is 36.6. The molecule has 4 fully saturated rings. The number of amides is 3. The summed E-state index contributed by atoms with van der Waals surface area (Å²) in [6.07, 6.45) is 8.69. The van der Waals surface area contributed by atoms with Crippen LogP contribution in [0.5, 0.6) is 0 Å². The fourth-order valence-electron chi connectivity index (χ4n) is 8.44. The van der Waals surface area contributed by atoms with Crippen molar-refractivity contribution in [2.24, 2.45) is 7.05 Å². The molecule has 54 heavy (non-hydrogen) atoms. The van der Waals surface area contributed by atoms with Gasteiger partial charge in [0, 0.05) is 64.2 Å². The van der Waals surface area contributed by atoms with Crippen LogP contribution in [0, 0.1) is 0 Å². The number of hydrogen-bond donors (Lipinski definition) is 2. The molecule has 286 valence electrons. The Balaban J connectivity index is 0.823. The number of aryl methyl sites for hydroxylation is 1. The second-order valence-corrected chi connectivity index (χ2v) is 17.4. The highest BCUT2D eigenvalue weighted by molar-refractivity contribution is 7.86. The van der Waals surface area contributed by atoms with Crippen LogP contribution in [0.4, 0.5) is 16.6 Å². The van der Waals surface area contributed by atoms with Crippen molar-refractivity contribution in [3.8, 4) is 0 Å². The van der Waals surface area contributed by atoms with Crippen LogP contribution in [0.25, 0.3) is 10.9 Å². The molecular formula is C38H47ClN10O4S. The number of aromatic nitrogens is 4. The molecule has 1 unspecified atom stereocenters. The Labute approximate surface area is 321 Å². The lowest BCUT2D eigenvalue weighted by Gasteiger charge is -2.38. The molecule has 4 aliphatic heterocycles. The van der Waals surface area contributed by atoms with Gasteiger partial charge in [0.1, 0.15) is 0 Å². The number of halogens is 1. The standard InChI is InChI=1S/C38H47ClN10O4S/c1-45-34-21-29(8-9-33(34)36(44-45)49-20-14-35(50)43-38(49)51)28-10-16-46(17-11-28)24-26-4-6-27(7-5-26)30-3-2-15-48(25-30)54(52,53)47-18-12-32(13-19-47)42-37-40-22-31(39)23-41-37/h4-9,21-23,28,30,32H,2-3,10-20,24-25H2,1H3,(H,40,41,42)(H,43,50,51). The van der Waals surface area contributed by atoms with Gasteiger partial charge in [-0.3, -0.25) is 24.6 Å². The number of benzene rings is 2.